The Kier molecular flexibility index (Phi) is 6.88. The smallest absolute Gasteiger partial charge is 0.243 e. The molecule has 6 nitrogen and oxygen atoms in total. The maximum atomic E-state index is 13.1. The summed E-state index contributed by atoms with van der Waals surface area (Å²) in [5, 5.41) is 6.48. The van der Waals surface area contributed by atoms with Gasteiger partial charge in [-0.3, -0.25) is 0 Å². The Bertz CT molecular complexity index is 910. The van der Waals surface area contributed by atoms with E-state index in [1.807, 2.05) is 30.3 Å². The van der Waals surface area contributed by atoms with Gasteiger partial charge in [-0.05, 0) is 55.4 Å². The van der Waals surface area contributed by atoms with E-state index in [-0.39, 0.29) is 4.90 Å². The number of hydrogen-bond acceptors (Lipinski definition) is 4. The van der Waals surface area contributed by atoms with Gasteiger partial charge in [0.2, 0.25) is 10.0 Å². The van der Waals surface area contributed by atoms with Crippen molar-refractivity contribution in [3.63, 3.8) is 0 Å². The van der Waals surface area contributed by atoms with Crippen LogP contribution in [0.15, 0.2) is 53.4 Å². The van der Waals surface area contributed by atoms with Crippen molar-refractivity contribution in [3.05, 3.63) is 48.5 Å². The summed E-state index contributed by atoms with van der Waals surface area (Å²) in [6, 6.07) is 14.3. The number of nitrogens with one attached hydrogen (secondary N) is 2. The number of nitrogens with zero attached hydrogens (tertiary/aromatic N) is 1. The highest BCUT2D eigenvalue weighted by molar-refractivity contribution is 7.89. The van der Waals surface area contributed by atoms with Crippen LogP contribution in [-0.2, 0) is 10.0 Å². The molecule has 1 fully saturated rings. The Hall–Kier alpha value is -2.16. The standard InChI is InChI=1S/C20H25N3O3S2/c1-26-19-12-11-17(28(24,25)23-13-7-2-3-8-14-23)15-18(19)22-20(27)21-16-9-5-4-6-10-16/h4-6,9-12,15H,2-3,7-8,13-14H2,1H3,(H2,21,22,27). The van der Waals surface area contributed by atoms with Crippen LogP contribution in [0.4, 0.5) is 11.4 Å². The number of ether oxygens (including phenoxy) is 1. The maximum Gasteiger partial charge on any atom is 0.243 e. The minimum Gasteiger partial charge on any atom is -0.495 e. The van der Waals surface area contributed by atoms with Gasteiger partial charge in [0.05, 0.1) is 17.7 Å². The van der Waals surface area contributed by atoms with Gasteiger partial charge in [-0.15, -0.1) is 0 Å². The van der Waals surface area contributed by atoms with Crippen LogP contribution in [0.5, 0.6) is 5.75 Å². The molecule has 0 aromatic heterocycles. The fourth-order valence-corrected chi connectivity index (χ4v) is 4.95. The van der Waals surface area contributed by atoms with Crippen LogP contribution in [0.25, 0.3) is 0 Å². The first-order valence-electron chi connectivity index (χ1n) is 9.32. The Morgan fingerprint density at radius 1 is 1.00 bits per heavy atom. The van der Waals surface area contributed by atoms with Gasteiger partial charge < -0.3 is 15.4 Å². The summed E-state index contributed by atoms with van der Waals surface area (Å²) < 4.78 is 33.1. The number of sulfonamides is 1. The first kappa shape index (κ1) is 20.6. The molecule has 150 valence electrons. The van der Waals surface area contributed by atoms with E-state index in [0.717, 1.165) is 31.4 Å². The molecule has 0 aliphatic carbocycles. The Labute approximate surface area is 171 Å². The van der Waals surface area contributed by atoms with E-state index in [4.69, 9.17) is 17.0 Å². The molecule has 0 radical (unpaired) electrons. The van der Waals surface area contributed by atoms with E-state index in [0.29, 0.717) is 29.6 Å². The predicted octanol–water partition coefficient (Wildman–Crippen LogP) is 4.07. The minimum absolute atomic E-state index is 0.236. The maximum absolute atomic E-state index is 13.1. The van der Waals surface area contributed by atoms with Crippen LogP contribution in [0.1, 0.15) is 25.7 Å². The number of thiocarbonyl (C=S) groups is 1. The second-order valence-electron chi connectivity index (χ2n) is 6.63. The minimum atomic E-state index is -3.55. The highest BCUT2D eigenvalue weighted by atomic mass is 32.2. The third kappa shape index (κ3) is 5.01. The van der Waals surface area contributed by atoms with E-state index < -0.39 is 10.0 Å². The zero-order valence-corrected chi connectivity index (χ0v) is 17.5. The molecule has 0 spiro atoms. The zero-order chi connectivity index (χ0) is 20.0. The number of anilines is 2. The fraction of sp³-hybridized carbons (Fsp3) is 0.350. The molecule has 2 N–H and O–H groups in total. The van der Waals surface area contributed by atoms with Crippen LogP contribution < -0.4 is 15.4 Å². The summed E-state index contributed by atoms with van der Waals surface area (Å²) >= 11 is 5.37. The van der Waals surface area contributed by atoms with Gasteiger partial charge in [-0.1, -0.05) is 31.0 Å². The highest BCUT2D eigenvalue weighted by Crippen LogP contribution is 2.30. The lowest BCUT2D eigenvalue weighted by atomic mass is 10.2. The fourth-order valence-electron chi connectivity index (χ4n) is 3.18. The van der Waals surface area contributed by atoms with Crippen molar-refractivity contribution in [2.45, 2.75) is 30.6 Å². The van der Waals surface area contributed by atoms with Crippen molar-refractivity contribution >= 4 is 38.7 Å². The molecule has 1 saturated heterocycles. The average Bonchev–Trinajstić information content (AvgIpc) is 2.98. The van der Waals surface area contributed by atoms with Crippen molar-refractivity contribution in [2.75, 3.05) is 30.8 Å². The molecule has 1 heterocycles. The predicted molar refractivity (Wildman–Crippen MR) is 117 cm³/mol. The summed E-state index contributed by atoms with van der Waals surface area (Å²) in [6.07, 6.45) is 3.93. The van der Waals surface area contributed by atoms with Gasteiger partial charge in [0, 0.05) is 18.8 Å². The SMILES string of the molecule is COc1ccc(S(=O)(=O)N2CCCCCC2)cc1NC(=S)Nc1ccccc1. The molecule has 0 amide bonds. The largest absolute Gasteiger partial charge is 0.495 e. The number of para-hydroxylation sites is 1. The molecule has 0 saturated carbocycles. The van der Waals surface area contributed by atoms with Crippen LogP contribution in [0, 0.1) is 0 Å². The lowest BCUT2D eigenvalue weighted by Gasteiger charge is -2.21. The number of rotatable bonds is 5. The molecular formula is C20H25N3O3S2. The summed E-state index contributed by atoms with van der Waals surface area (Å²) in [7, 11) is -2.01. The average molecular weight is 420 g/mol. The molecule has 0 atom stereocenters. The first-order chi connectivity index (χ1) is 13.5. The lowest BCUT2D eigenvalue weighted by molar-refractivity contribution is 0.415. The Morgan fingerprint density at radius 3 is 2.32 bits per heavy atom. The number of hydrogen-bond donors (Lipinski definition) is 2. The highest BCUT2D eigenvalue weighted by Gasteiger charge is 2.26. The van der Waals surface area contributed by atoms with Gasteiger partial charge in [-0.25, -0.2) is 8.42 Å². The van der Waals surface area contributed by atoms with Crippen molar-refractivity contribution in [1.29, 1.82) is 0 Å². The van der Waals surface area contributed by atoms with Gasteiger partial charge in [-0.2, -0.15) is 4.31 Å². The van der Waals surface area contributed by atoms with Gasteiger partial charge >= 0.3 is 0 Å². The number of methoxy groups -OCH3 is 1. The van der Waals surface area contributed by atoms with Crippen molar-refractivity contribution in [2.24, 2.45) is 0 Å². The van der Waals surface area contributed by atoms with E-state index in [9.17, 15) is 8.42 Å². The molecule has 3 rings (SSSR count). The van der Waals surface area contributed by atoms with Crippen LogP contribution in [-0.4, -0.2) is 38.0 Å². The topological polar surface area (TPSA) is 70.7 Å². The zero-order valence-electron chi connectivity index (χ0n) is 15.8. The van der Waals surface area contributed by atoms with E-state index in [2.05, 4.69) is 10.6 Å². The third-order valence-electron chi connectivity index (χ3n) is 4.65. The molecule has 0 bridgehead atoms. The van der Waals surface area contributed by atoms with E-state index >= 15 is 0 Å². The second-order valence-corrected chi connectivity index (χ2v) is 8.97. The van der Waals surface area contributed by atoms with Crippen molar-refractivity contribution < 1.29 is 13.2 Å². The molecule has 0 unspecified atom stereocenters. The van der Waals surface area contributed by atoms with Crippen molar-refractivity contribution in [1.82, 2.24) is 4.31 Å². The van der Waals surface area contributed by atoms with Crippen molar-refractivity contribution in [3.8, 4) is 5.75 Å². The van der Waals surface area contributed by atoms with Crippen LogP contribution >= 0.6 is 12.2 Å². The van der Waals surface area contributed by atoms with Gasteiger partial charge in [0.1, 0.15) is 5.75 Å². The van der Waals surface area contributed by atoms with E-state index in [1.54, 1.807) is 22.5 Å². The summed E-state index contributed by atoms with van der Waals surface area (Å²) in [5.74, 6) is 0.520. The quantitative estimate of drug-likeness (QED) is 0.712. The lowest BCUT2D eigenvalue weighted by Crippen LogP contribution is -2.32. The monoisotopic (exact) mass is 419 g/mol. The van der Waals surface area contributed by atoms with Crippen LogP contribution in [0.3, 0.4) is 0 Å². The molecular weight excluding hydrogens is 394 g/mol. The van der Waals surface area contributed by atoms with Gasteiger partial charge in [0.25, 0.3) is 0 Å². The number of benzene rings is 2. The Morgan fingerprint density at radius 2 is 1.68 bits per heavy atom. The van der Waals surface area contributed by atoms with Gasteiger partial charge in [0.15, 0.2) is 5.11 Å². The molecule has 1 aliphatic rings. The normalized spacial score (nSPS) is 15.5. The van der Waals surface area contributed by atoms with Crippen LogP contribution in [0.2, 0.25) is 0 Å². The molecule has 1 aliphatic heterocycles. The van der Waals surface area contributed by atoms with E-state index in [1.165, 1.54) is 7.11 Å². The third-order valence-corrected chi connectivity index (χ3v) is 6.75. The summed E-state index contributed by atoms with van der Waals surface area (Å²) in [5.41, 5.74) is 1.35. The Balaban J connectivity index is 1.82. The molecule has 2 aromatic carbocycles. The second kappa shape index (κ2) is 9.36. The molecule has 28 heavy (non-hydrogen) atoms. The molecule has 8 heteroatoms. The first-order valence-corrected chi connectivity index (χ1v) is 11.2. The summed E-state index contributed by atoms with van der Waals surface area (Å²) in [4.78, 5) is 0.236. The summed E-state index contributed by atoms with van der Waals surface area (Å²) in [6.45, 7) is 1.12. The molecule has 2 aromatic rings.